The first kappa shape index (κ1) is 23.3. The van der Waals surface area contributed by atoms with Crippen molar-refractivity contribution in [2.75, 3.05) is 10.2 Å². The van der Waals surface area contributed by atoms with Crippen LogP contribution in [0.25, 0.3) is 5.76 Å². The van der Waals surface area contributed by atoms with E-state index in [-0.39, 0.29) is 34.0 Å². The summed E-state index contributed by atoms with van der Waals surface area (Å²) in [6.07, 6.45) is 0. The van der Waals surface area contributed by atoms with Gasteiger partial charge in [0.25, 0.3) is 17.4 Å². The molecular formula is C25H18FN3O6. The molecule has 0 radical (unpaired) electrons. The Labute approximate surface area is 198 Å². The zero-order valence-electron chi connectivity index (χ0n) is 18.3. The van der Waals surface area contributed by atoms with Gasteiger partial charge in [0.05, 0.1) is 16.5 Å². The molecular weight excluding hydrogens is 457 g/mol. The number of hydrogen-bond acceptors (Lipinski definition) is 6. The summed E-state index contributed by atoms with van der Waals surface area (Å²) < 4.78 is 14.9. The quantitative estimate of drug-likeness (QED) is 0.186. The molecule has 0 aliphatic carbocycles. The lowest BCUT2D eigenvalue weighted by Gasteiger charge is -2.26. The van der Waals surface area contributed by atoms with Gasteiger partial charge in [0.15, 0.2) is 0 Å². The Bertz CT molecular complexity index is 1380. The molecule has 0 spiro atoms. The topological polar surface area (TPSA) is 130 Å². The van der Waals surface area contributed by atoms with Gasteiger partial charge in [-0.25, -0.2) is 4.39 Å². The number of Topliss-reactive ketones (excluding diaryl/α,β-unsaturated/α-hetero) is 1. The molecule has 0 saturated carbocycles. The first-order valence-corrected chi connectivity index (χ1v) is 10.4. The average molecular weight is 475 g/mol. The molecule has 0 aromatic heterocycles. The number of nitro benzene ring substituents is 1. The zero-order valence-corrected chi connectivity index (χ0v) is 18.3. The van der Waals surface area contributed by atoms with Crippen LogP contribution in [-0.2, 0) is 14.4 Å². The Hall–Kier alpha value is -4.86. The molecule has 0 bridgehead atoms. The summed E-state index contributed by atoms with van der Waals surface area (Å²) in [5.41, 5.74) is 0.118. The van der Waals surface area contributed by atoms with Crippen molar-refractivity contribution in [1.82, 2.24) is 0 Å². The number of nitrogens with zero attached hydrogens (tertiary/aromatic N) is 2. The molecule has 1 atom stereocenters. The summed E-state index contributed by atoms with van der Waals surface area (Å²) in [5.74, 6) is -3.63. The van der Waals surface area contributed by atoms with Crippen molar-refractivity contribution >= 4 is 40.4 Å². The van der Waals surface area contributed by atoms with Gasteiger partial charge in [-0.2, -0.15) is 0 Å². The van der Waals surface area contributed by atoms with E-state index in [1.54, 1.807) is 0 Å². The second-order valence-corrected chi connectivity index (χ2v) is 7.72. The second kappa shape index (κ2) is 9.18. The van der Waals surface area contributed by atoms with E-state index in [0.29, 0.717) is 5.69 Å². The van der Waals surface area contributed by atoms with Gasteiger partial charge >= 0.3 is 0 Å². The number of carbonyl (C=O) groups excluding carboxylic acids is 3. The summed E-state index contributed by atoms with van der Waals surface area (Å²) in [6, 6.07) is 15.0. The van der Waals surface area contributed by atoms with Gasteiger partial charge in [0.1, 0.15) is 11.6 Å². The van der Waals surface area contributed by atoms with Crippen LogP contribution in [0.1, 0.15) is 24.1 Å². The third-order valence-electron chi connectivity index (χ3n) is 5.46. The van der Waals surface area contributed by atoms with Crippen LogP contribution in [0.5, 0.6) is 0 Å². The molecule has 3 aromatic carbocycles. The van der Waals surface area contributed by atoms with Crippen LogP contribution in [0.4, 0.5) is 21.5 Å². The van der Waals surface area contributed by atoms with Crippen LogP contribution in [0.2, 0.25) is 0 Å². The number of non-ortho nitro benzene ring substituents is 1. The molecule has 1 aliphatic rings. The minimum atomic E-state index is -1.31. The molecule has 3 aromatic rings. The van der Waals surface area contributed by atoms with Crippen LogP contribution in [0, 0.1) is 15.9 Å². The Morgan fingerprint density at radius 1 is 1.03 bits per heavy atom. The number of nitrogens with one attached hydrogen (secondary N) is 1. The van der Waals surface area contributed by atoms with Crippen LogP contribution >= 0.6 is 0 Å². The van der Waals surface area contributed by atoms with E-state index >= 15 is 0 Å². The van der Waals surface area contributed by atoms with Crippen molar-refractivity contribution in [1.29, 1.82) is 0 Å². The van der Waals surface area contributed by atoms with Gasteiger partial charge < -0.3 is 10.4 Å². The first-order valence-electron chi connectivity index (χ1n) is 10.4. The summed E-state index contributed by atoms with van der Waals surface area (Å²) in [5, 5.41) is 24.5. The maximum atomic E-state index is 14.9. The number of nitro groups is 1. The summed E-state index contributed by atoms with van der Waals surface area (Å²) in [4.78, 5) is 48.9. The Balaban J connectivity index is 1.88. The predicted octanol–water partition coefficient (Wildman–Crippen LogP) is 4.32. The Kier molecular flexibility index (Phi) is 6.11. The predicted molar refractivity (Wildman–Crippen MR) is 125 cm³/mol. The first-order chi connectivity index (χ1) is 16.7. The maximum Gasteiger partial charge on any atom is 0.300 e. The van der Waals surface area contributed by atoms with Crippen LogP contribution in [-0.4, -0.2) is 27.6 Å². The third-order valence-corrected chi connectivity index (χ3v) is 5.46. The summed E-state index contributed by atoms with van der Waals surface area (Å²) >= 11 is 0. The zero-order chi connectivity index (χ0) is 25.3. The monoisotopic (exact) mass is 475 g/mol. The van der Waals surface area contributed by atoms with E-state index < -0.39 is 34.2 Å². The minimum Gasteiger partial charge on any atom is -0.507 e. The number of rotatable bonds is 5. The van der Waals surface area contributed by atoms with Crippen molar-refractivity contribution < 1.29 is 28.8 Å². The number of hydrogen-bond donors (Lipinski definition) is 2. The molecule has 9 nitrogen and oxygen atoms in total. The maximum absolute atomic E-state index is 14.9. The van der Waals surface area contributed by atoms with E-state index in [0.717, 1.165) is 17.0 Å². The summed E-state index contributed by atoms with van der Waals surface area (Å²) in [7, 11) is 0. The lowest BCUT2D eigenvalue weighted by atomic mass is 9.94. The molecule has 2 N–H and O–H groups in total. The molecule has 1 unspecified atom stereocenters. The lowest BCUT2D eigenvalue weighted by Crippen LogP contribution is -2.29. The highest BCUT2D eigenvalue weighted by Crippen LogP contribution is 2.43. The smallest absolute Gasteiger partial charge is 0.300 e. The number of amides is 2. The van der Waals surface area contributed by atoms with Gasteiger partial charge in [-0.1, -0.05) is 18.2 Å². The normalized spacial score (nSPS) is 16.9. The number of aliphatic hydroxyl groups excluding tert-OH is 1. The highest BCUT2D eigenvalue weighted by Gasteiger charge is 2.47. The number of benzene rings is 3. The largest absolute Gasteiger partial charge is 0.507 e. The molecule has 1 aliphatic heterocycles. The molecule has 2 amide bonds. The molecule has 1 heterocycles. The van der Waals surface area contributed by atoms with Crippen molar-refractivity contribution in [3.63, 3.8) is 0 Å². The van der Waals surface area contributed by atoms with E-state index in [9.17, 15) is 34.0 Å². The SMILES string of the molecule is CC(=O)Nc1ccc(N2C(=O)C(=O)/C(=C(/O)c3ccc([N+](=O)[O-])cc3)C2c2ccccc2F)cc1. The number of carbonyl (C=O) groups is 3. The molecule has 35 heavy (non-hydrogen) atoms. The van der Waals surface area contributed by atoms with Crippen LogP contribution in [0.15, 0.2) is 78.4 Å². The highest BCUT2D eigenvalue weighted by molar-refractivity contribution is 6.51. The van der Waals surface area contributed by atoms with Crippen molar-refractivity contribution in [3.05, 3.63) is 105 Å². The van der Waals surface area contributed by atoms with E-state index in [1.807, 2.05) is 0 Å². The number of aliphatic hydroxyl groups is 1. The van der Waals surface area contributed by atoms with Gasteiger partial charge in [-0.3, -0.25) is 29.4 Å². The fraction of sp³-hybridized carbons (Fsp3) is 0.0800. The van der Waals surface area contributed by atoms with Gasteiger partial charge in [-0.15, -0.1) is 0 Å². The Morgan fingerprint density at radius 2 is 1.66 bits per heavy atom. The molecule has 4 rings (SSSR count). The fourth-order valence-electron chi connectivity index (χ4n) is 3.90. The summed E-state index contributed by atoms with van der Waals surface area (Å²) in [6.45, 7) is 1.34. The highest BCUT2D eigenvalue weighted by atomic mass is 19.1. The van der Waals surface area contributed by atoms with E-state index in [2.05, 4.69) is 5.32 Å². The van der Waals surface area contributed by atoms with E-state index in [4.69, 9.17) is 0 Å². The molecule has 176 valence electrons. The van der Waals surface area contributed by atoms with E-state index in [1.165, 1.54) is 67.6 Å². The Morgan fingerprint density at radius 3 is 2.23 bits per heavy atom. The second-order valence-electron chi connectivity index (χ2n) is 7.72. The van der Waals surface area contributed by atoms with Crippen molar-refractivity contribution in [2.24, 2.45) is 0 Å². The third kappa shape index (κ3) is 4.36. The van der Waals surface area contributed by atoms with Crippen molar-refractivity contribution in [2.45, 2.75) is 13.0 Å². The number of halogens is 1. The minimum absolute atomic E-state index is 0.0268. The number of ketones is 1. The fourth-order valence-corrected chi connectivity index (χ4v) is 3.90. The standard InChI is InChI=1S/C25H18FN3O6/c1-14(30)27-16-8-12-17(13-9-16)28-22(19-4-2-3-5-20(19)26)21(24(32)25(28)33)23(31)15-6-10-18(11-7-15)29(34)35/h2-13,22,31H,1H3,(H,27,30)/b23-21+. The van der Waals surface area contributed by atoms with Crippen LogP contribution in [0.3, 0.4) is 0 Å². The van der Waals surface area contributed by atoms with Gasteiger partial charge in [0.2, 0.25) is 5.91 Å². The molecule has 1 saturated heterocycles. The molecule has 10 heteroatoms. The lowest BCUT2D eigenvalue weighted by molar-refractivity contribution is -0.384. The van der Waals surface area contributed by atoms with Gasteiger partial charge in [0, 0.05) is 41.6 Å². The number of anilines is 2. The van der Waals surface area contributed by atoms with Crippen LogP contribution < -0.4 is 10.2 Å². The van der Waals surface area contributed by atoms with Gasteiger partial charge in [-0.05, 0) is 42.5 Å². The average Bonchev–Trinajstić information content (AvgIpc) is 3.09. The van der Waals surface area contributed by atoms with Crippen molar-refractivity contribution in [3.8, 4) is 0 Å². The molecule has 1 fully saturated rings.